The number of rotatable bonds is 8. The number of hydrogen-bond acceptors (Lipinski definition) is 8. The molecule has 2 aromatic carbocycles. The fraction of sp³-hybridized carbons (Fsp3) is 0.150. The fourth-order valence-electron chi connectivity index (χ4n) is 2.56. The van der Waals surface area contributed by atoms with Crippen LogP contribution in [0.1, 0.15) is 22.2 Å². The molecule has 0 aliphatic rings. The van der Waals surface area contributed by atoms with Crippen molar-refractivity contribution in [2.24, 2.45) is 5.10 Å². The second-order valence-electron chi connectivity index (χ2n) is 6.06. The molecule has 0 saturated carbocycles. The van der Waals surface area contributed by atoms with Crippen molar-refractivity contribution in [2.45, 2.75) is 6.92 Å². The van der Waals surface area contributed by atoms with E-state index >= 15 is 0 Å². The molecule has 1 heterocycles. The van der Waals surface area contributed by atoms with Crippen LogP contribution < -0.4 is 10.2 Å². The van der Waals surface area contributed by atoms with Crippen LogP contribution in [-0.4, -0.2) is 36.2 Å². The number of hydrazone groups is 1. The quantitative estimate of drug-likeness (QED) is 0.211. The molecule has 0 bridgehead atoms. The van der Waals surface area contributed by atoms with E-state index in [1.165, 1.54) is 29.7 Å². The average molecular weight is 506 g/mol. The van der Waals surface area contributed by atoms with Gasteiger partial charge in [-0.05, 0) is 37.3 Å². The lowest BCUT2D eigenvalue weighted by atomic mass is 10.2. The molecule has 1 N–H and O–H groups in total. The van der Waals surface area contributed by atoms with Crippen LogP contribution in [0.15, 0.2) is 52.0 Å². The fourth-order valence-corrected chi connectivity index (χ4v) is 3.87. The number of nitrogens with one attached hydrogen (secondary N) is 1. The lowest BCUT2D eigenvalue weighted by Gasteiger charge is -2.09. The van der Waals surface area contributed by atoms with E-state index in [9.17, 15) is 19.7 Å². The summed E-state index contributed by atoms with van der Waals surface area (Å²) in [7, 11) is 0. The zero-order valence-electron chi connectivity index (χ0n) is 16.2. The Bertz CT molecular complexity index is 1180. The number of halogens is 1. The summed E-state index contributed by atoms with van der Waals surface area (Å²) in [6, 6.07) is 11.1. The van der Waals surface area contributed by atoms with Crippen LogP contribution in [0.25, 0.3) is 10.1 Å². The van der Waals surface area contributed by atoms with Crippen LogP contribution in [0.3, 0.4) is 0 Å². The molecule has 3 rings (SSSR count). The van der Waals surface area contributed by atoms with E-state index in [4.69, 9.17) is 9.47 Å². The molecule has 160 valence electrons. The number of carbonyl (C=O) groups is 2. The number of fused-ring (bicyclic) bond motifs is 1. The minimum Gasteiger partial charge on any atom is -0.481 e. The van der Waals surface area contributed by atoms with Crippen LogP contribution >= 0.6 is 27.3 Å². The van der Waals surface area contributed by atoms with Crippen molar-refractivity contribution >= 4 is 61.1 Å². The van der Waals surface area contributed by atoms with Crippen molar-refractivity contribution in [3.8, 4) is 5.75 Å². The highest BCUT2D eigenvalue weighted by molar-refractivity contribution is 9.10. The second kappa shape index (κ2) is 10.1. The van der Waals surface area contributed by atoms with Crippen molar-refractivity contribution in [3.63, 3.8) is 0 Å². The summed E-state index contributed by atoms with van der Waals surface area (Å²) in [5.74, 6) is -0.556. The summed E-state index contributed by atoms with van der Waals surface area (Å²) in [6.07, 6.45) is 1.39. The minimum atomic E-state index is -0.494. The highest BCUT2D eigenvalue weighted by Crippen LogP contribution is 2.29. The van der Waals surface area contributed by atoms with Crippen molar-refractivity contribution in [1.82, 2.24) is 5.43 Å². The van der Waals surface area contributed by atoms with E-state index in [2.05, 4.69) is 26.5 Å². The number of thiophene rings is 1. The molecular weight excluding hydrogens is 490 g/mol. The number of ether oxygens (including phenoxy) is 2. The molecule has 1 aromatic heterocycles. The molecule has 0 fully saturated rings. The Morgan fingerprint density at radius 3 is 2.81 bits per heavy atom. The van der Waals surface area contributed by atoms with Crippen LogP contribution in [0.2, 0.25) is 0 Å². The first-order valence-corrected chi connectivity index (χ1v) is 10.6. The number of nitro benzene ring substituents is 1. The van der Waals surface area contributed by atoms with Gasteiger partial charge in [-0.15, -0.1) is 11.3 Å². The van der Waals surface area contributed by atoms with Crippen molar-refractivity contribution < 1.29 is 24.0 Å². The lowest BCUT2D eigenvalue weighted by Crippen LogP contribution is -2.17. The van der Waals surface area contributed by atoms with E-state index in [0.29, 0.717) is 21.6 Å². The summed E-state index contributed by atoms with van der Waals surface area (Å²) in [5.41, 5.74) is 2.91. The Morgan fingerprint density at radius 2 is 2.06 bits per heavy atom. The number of nitro groups is 1. The molecule has 0 atom stereocenters. The normalized spacial score (nSPS) is 10.9. The van der Waals surface area contributed by atoms with Gasteiger partial charge in [0, 0.05) is 32.3 Å². The molecule has 0 radical (unpaired) electrons. The predicted molar refractivity (Wildman–Crippen MR) is 120 cm³/mol. The number of amides is 1. The van der Waals surface area contributed by atoms with E-state index in [1.807, 2.05) is 0 Å². The summed E-state index contributed by atoms with van der Waals surface area (Å²) < 4.78 is 11.8. The highest BCUT2D eigenvalue weighted by atomic mass is 79.9. The van der Waals surface area contributed by atoms with Crippen molar-refractivity contribution in [3.05, 3.63) is 67.5 Å². The maximum Gasteiger partial charge on any atom is 0.344 e. The number of benzene rings is 2. The molecule has 0 spiro atoms. The van der Waals surface area contributed by atoms with Gasteiger partial charge in [0.15, 0.2) is 6.61 Å². The molecule has 0 unspecified atom stereocenters. The largest absolute Gasteiger partial charge is 0.481 e. The molecule has 11 heteroatoms. The van der Waals surface area contributed by atoms with Gasteiger partial charge in [0.1, 0.15) is 5.75 Å². The Kier molecular flexibility index (Phi) is 7.32. The molecule has 0 aliphatic carbocycles. The smallest absolute Gasteiger partial charge is 0.344 e. The van der Waals surface area contributed by atoms with Crippen LogP contribution in [0, 0.1) is 10.1 Å². The minimum absolute atomic E-state index is 0.0414. The highest BCUT2D eigenvalue weighted by Gasteiger charge is 2.13. The van der Waals surface area contributed by atoms with Gasteiger partial charge < -0.3 is 9.47 Å². The first kappa shape index (κ1) is 22.4. The molecular formula is C20H16BrN3O6S. The van der Waals surface area contributed by atoms with E-state index in [1.54, 1.807) is 37.3 Å². The number of esters is 1. The third kappa shape index (κ3) is 5.86. The number of carbonyl (C=O) groups excluding carboxylic acids is 2. The van der Waals surface area contributed by atoms with Crippen LogP contribution in [-0.2, 0) is 9.53 Å². The van der Waals surface area contributed by atoms with Crippen molar-refractivity contribution in [1.29, 1.82) is 0 Å². The van der Waals surface area contributed by atoms with E-state index in [0.717, 1.165) is 9.17 Å². The monoisotopic (exact) mass is 505 g/mol. The lowest BCUT2D eigenvalue weighted by molar-refractivity contribution is -0.384. The molecule has 3 aromatic rings. The Balaban J connectivity index is 1.70. The second-order valence-corrected chi connectivity index (χ2v) is 8.06. The average Bonchev–Trinajstić information content (AvgIpc) is 3.17. The summed E-state index contributed by atoms with van der Waals surface area (Å²) in [4.78, 5) is 34.7. The third-order valence-electron chi connectivity index (χ3n) is 3.93. The van der Waals surface area contributed by atoms with Crippen LogP contribution in [0.4, 0.5) is 5.69 Å². The summed E-state index contributed by atoms with van der Waals surface area (Å²) >= 11 is 4.55. The maximum absolute atomic E-state index is 12.4. The van der Waals surface area contributed by atoms with Crippen LogP contribution in [0.5, 0.6) is 5.75 Å². The van der Waals surface area contributed by atoms with Gasteiger partial charge >= 0.3 is 5.97 Å². The van der Waals surface area contributed by atoms with Gasteiger partial charge in [0.25, 0.3) is 11.6 Å². The third-order valence-corrected chi connectivity index (χ3v) is 5.54. The topological polar surface area (TPSA) is 120 Å². The van der Waals surface area contributed by atoms with Gasteiger partial charge in [0.2, 0.25) is 0 Å². The first-order valence-electron chi connectivity index (χ1n) is 8.96. The van der Waals surface area contributed by atoms with Crippen molar-refractivity contribution in [2.75, 3.05) is 13.2 Å². The molecule has 9 nitrogen and oxygen atoms in total. The summed E-state index contributed by atoms with van der Waals surface area (Å²) in [6.45, 7) is 1.71. The molecule has 0 saturated heterocycles. The number of hydrogen-bond donors (Lipinski definition) is 1. The van der Waals surface area contributed by atoms with Gasteiger partial charge in [-0.3, -0.25) is 14.9 Å². The Morgan fingerprint density at radius 1 is 1.26 bits per heavy atom. The number of nitrogens with zero attached hydrogens (tertiary/aromatic N) is 2. The SMILES string of the molecule is CCOC(=O)COc1ccc(Br)cc1/C=N\NC(=O)c1cc2cc([N+](=O)[O-])ccc2s1. The summed E-state index contributed by atoms with van der Waals surface area (Å²) in [5, 5.41) is 15.5. The van der Waals surface area contributed by atoms with Gasteiger partial charge in [-0.1, -0.05) is 15.9 Å². The van der Waals surface area contributed by atoms with Gasteiger partial charge in [0.05, 0.1) is 22.6 Å². The maximum atomic E-state index is 12.4. The molecule has 0 aliphatic heterocycles. The van der Waals surface area contributed by atoms with Gasteiger partial charge in [-0.25, -0.2) is 10.2 Å². The zero-order valence-corrected chi connectivity index (χ0v) is 18.6. The molecule has 1 amide bonds. The molecule has 31 heavy (non-hydrogen) atoms. The standard InChI is InChI=1S/C20H16BrN3O6S/c1-2-29-19(25)11-30-16-5-3-14(21)7-13(16)10-22-23-20(26)18-9-12-8-15(24(27)28)4-6-17(12)31-18/h3-10H,2,11H2,1H3,(H,23,26)/b22-10-. The predicted octanol–water partition coefficient (Wildman–Crippen LogP) is 4.28. The number of non-ortho nitro benzene ring substituents is 1. The first-order chi connectivity index (χ1) is 14.9. The zero-order chi connectivity index (χ0) is 22.4. The van der Waals surface area contributed by atoms with E-state index in [-0.39, 0.29) is 18.9 Å². The van der Waals surface area contributed by atoms with E-state index < -0.39 is 16.8 Å². The Hall–Kier alpha value is -3.31. The Labute approximate surface area is 188 Å². The van der Waals surface area contributed by atoms with Gasteiger partial charge in [-0.2, -0.15) is 5.10 Å².